The normalized spacial score (nSPS) is 11.3. The molecule has 0 heterocycles. The Morgan fingerprint density at radius 3 is 2.13 bits per heavy atom. The van der Waals surface area contributed by atoms with Crippen LogP contribution in [-0.4, -0.2) is 48.8 Å². The standard InChI is InChI=1S/C34H39F3O8/c1-42-23-24-20-27(25-12-14-28(15-13-25)45-34(35,36)37)22-29(21-24)43-18-5-3-2-4-8-26-9-6-10-31(30(26)16-17-33(40)41)44-19-7-11-32(38)39/h6,9-10,12-15,20-22H,2-5,7-8,11,16-19,23H2,1H3,(H,38,39)(H,40,41). The summed E-state index contributed by atoms with van der Waals surface area (Å²) < 4.78 is 58.6. The highest BCUT2D eigenvalue weighted by Crippen LogP contribution is 2.30. The number of rotatable bonds is 20. The topological polar surface area (TPSA) is 112 Å². The predicted molar refractivity (Wildman–Crippen MR) is 162 cm³/mol. The third-order valence-electron chi connectivity index (χ3n) is 6.92. The van der Waals surface area contributed by atoms with Crippen LogP contribution < -0.4 is 14.2 Å². The number of benzene rings is 3. The highest BCUT2D eigenvalue weighted by molar-refractivity contribution is 5.68. The number of methoxy groups -OCH3 is 1. The van der Waals surface area contributed by atoms with Crippen molar-refractivity contribution in [3.63, 3.8) is 0 Å². The molecule has 2 N–H and O–H groups in total. The molecule has 0 amide bonds. The van der Waals surface area contributed by atoms with Gasteiger partial charge in [-0.25, -0.2) is 0 Å². The van der Waals surface area contributed by atoms with Gasteiger partial charge in [0.15, 0.2) is 0 Å². The summed E-state index contributed by atoms with van der Waals surface area (Å²) in [6, 6.07) is 16.9. The van der Waals surface area contributed by atoms with Crippen LogP contribution in [0.15, 0.2) is 60.7 Å². The number of aryl methyl sites for hydroxylation is 1. The van der Waals surface area contributed by atoms with E-state index in [2.05, 4.69) is 4.74 Å². The van der Waals surface area contributed by atoms with E-state index >= 15 is 0 Å². The van der Waals surface area contributed by atoms with E-state index in [1.807, 2.05) is 30.3 Å². The SMILES string of the molecule is COCc1cc(OCCCCCCc2cccc(OCCCC(=O)O)c2CCC(=O)O)cc(-c2ccc(OC(F)(F)F)cc2)c1. The number of hydrogen-bond acceptors (Lipinski definition) is 6. The van der Waals surface area contributed by atoms with Gasteiger partial charge in [0.1, 0.15) is 17.2 Å². The lowest BCUT2D eigenvalue weighted by Crippen LogP contribution is -2.16. The lowest BCUT2D eigenvalue weighted by molar-refractivity contribution is -0.274. The summed E-state index contributed by atoms with van der Waals surface area (Å²) in [5, 5.41) is 18.0. The molecular weight excluding hydrogens is 593 g/mol. The average molecular weight is 633 g/mol. The van der Waals surface area contributed by atoms with E-state index in [1.54, 1.807) is 25.3 Å². The first-order valence-electron chi connectivity index (χ1n) is 14.8. The Hall–Kier alpha value is -4.25. The van der Waals surface area contributed by atoms with Gasteiger partial charge in [-0.1, -0.05) is 37.1 Å². The molecule has 3 rings (SSSR count). The molecule has 0 saturated carbocycles. The van der Waals surface area contributed by atoms with Crippen LogP contribution >= 0.6 is 0 Å². The minimum absolute atomic E-state index is 0.00555. The van der Waals surface area contributed by atoms with Gasteiger partial charge in [-0.3, -0.25) is 9.59 Å². The van der Waals surface area contributed by atoms with E-state index in [1.165, 1.54) is 12.1 Å². The minimum Gasteiger partial charge on any atom is -0.494 e. The van der Waals surface area contributed by atoms with Crippen molar-refractivity contribution in [1.82, 2.24) is 0 Å². The van der Waals surface area contributed by atoms with Gasteiger partial charge in [0.25, 0.3) is 0 Å². The Balaban J connectivity index is 1.51. The zero-order chi connectivity index (χ0) is 32.7. The van der Waals surface area contributed by atoms with Crippen molar-refractivity contribution in [3.05, 3.63) is 77.4 Å². The highest BCUT2D eigenvalue weighted by Gasteiger charge is 2.31. The average Bonchev–Trinajstić information content (AvgIpc) is 2.97. The summed E-state index contributed by atoms with van der Waals surface area (Å²) in [4.78, 5) is 22.0. The van der Waals surface area contributed by atoms with Crippen molar-refractivity contribution in [3.8, 4) is 28.4 Å². The molecule has 0 bridgehead atoms. The molecule has 0 spiro atoms. The second kappa shape index (κ2) is 17.9. The van der Waals surface area contributed by atoms with Crippen LogP contribution in [0.4, 0.5) is 13.2 Å². The highest BCUT2D eigenvalue weighted by atomic mass is 19.4. The molecule has 3 aromatic carbocycles. The number of aliphatic carboxylic acids is 2. The fourth-order valence-corrected chi connectivity index (χ4v) is 4.87. The van der Waals surface area contributed by atoms with E-state index < -0.39 is 18.3 Å². The van der Waals surface area contributed by atoms with Crippen LogP contribution in [0.1, 0.15) is 61.6 Å². The number of carboxylic acid groups (broad SMARTS) is 2. The largest absolute Gasteiger partial charge is 0.573 e. The van der Waals surface area contributed by atoms with Gasteiger partial charge in [0.05, 0.1) is 19.8 Å². The predicted octanol–water partition coefficient (Wildman–Crippen LogP) is 7.84. The Kier molecular flexibility index (Phi) is 14.0. The number of alkyl halides is 3. The maximum Gasteiger partial charge on any atom is 0.573 e. The summed E-state index contributed by atoms with van der Waals surface area (Å²) in [6.07, 6.45) is 0.254. The fraction of sp³-hybridized carbons (Fsp3) is 0.412. The Morgan fingerprint density at radius 1 is 0.733 bits per heavy atom. The first-order chi connectivity index (χ1) is 21.5. The fourth-order valence-electron chi connectivity index (χ4n) is 4.87. The lowest BCUT2D eigenvalue weighted by atomic mass is 9.97. The Labute approximate surface area is 260 Å². The quantitative estimate of drug-likeness (QED) is 0.121. The number of carboxylic acids is 2. The van der Waals surface area contributed by atoms with Crippen molar-refractivity contribution < 1.29 is 51.9 Å². The van der Waals surface area contributed by atoms with Gasteiger partial charge in [-0.05, 0) is 96.3 Å². The molecule has 0 aromatic heterocycles. The Bertz CT molecular complexity index is 1370. The number of carbonyl (C=O) groups is 2. The van der Waals surface area contributed by atoms with Gasteiger partial charge in [0, 0.05) is 20.0 Å². The molecule has 0 atom stereocenters. The van der Waals surface area contributed by atoms with Crippen molar-refractivity contribution >= 4 is 11.9 Å². The van der Waals surface area contributed by atoms with Gasteiger partial charge in [-0.15, -0.1) is 13.2 Å². The number of halogens is 3. The number of hydrogen-bond donors (Lipinski definition) is 2. The molecule has 0 aliphatic rings. The van der Waals surface area contributed by atoms with Crippen LogP contribution in [0.3, 0.4) is 0 Å². The maximum atomic E-state index is 12.5. The minimum atomic E-state index is -4.75. The molecule has 0 radical (unpaired) electrons. The van der Waals surface area contributed by atoms with Crippen molar-refractivity contribution in [1.29, 1.82) is 0 Å². The zero-order valence-electron chi connectivity index (χ0n) is 25.2. The molecular formula is C34H39F3O8. The zero-order valence-corrected chi connectivity index (χ0v) is 25.2. The van der Waals surface area contributed by atoms with Crippen LogP contribution in [0, 0.1) is 0 Å². The van der Waals surface area contributed by atoms with Crippen LogP contribution in [0.25, 0.3) is 11.1 Å². The molecule has 244 valence electrons. The lowest BCUT2D eigenvalue weighted by Gasteiger charge is -2.15. The third-order valence-corrected chi connectivity index (χ3v) is 6.92. The second-order valence-electron chi connectivity index (χ2n) is 10.5. The molecule has 11 heteroatoms. The summed E-state index contributed by atoms with van der Waals surface area (Å²) in [6.45, 7) is 1.08. The van der Waals surface area contributed by atoms with E-state index in [4.69, 9.17) is 19.3 Å². The molecule has 0 saturated heterocycles. The van der Waals surface area contributed by atoms with Gasteiger partial charge in [0.2, 0.25) is 0 Å². The van der Waals surface area contributed by atoms with Crippen molar-refractivity contribution in [2.45, 2.75) is 70.8 Å². The van der Waals surface area contributed by atoms with Gasteiger partial charge >= 0.3 is 18.3 Å². The number of ether oxygens (including phenoxy) is 4. The van der Waals surface area contributed by atoms with Crippen LogP contribution in [0.5, 0.6) is 17.2 Å². The first-order valence-corrected chi connectivity index (χ1v) is 14.8. The van der Waals surface area contributed by atoms with Gasteiger partial charge < -0.3 is 29.2 Å². The summed E-state index contributed by atoms with van der Waals surface area (Å²) in [5.74, 6) is -0.830. The van der Waals surface area contributed by atoms with E-state index in [-0.39, 0.29) is 25.2 Å². The molecule has 0 aliphatic carbocycles. The van der Waals surface area contributed by atoms with Crippen LogP contribution in [0.2, 0.25) is 0 Å². The summed E-state index contributed by atoms with van der Waals surface area (Å²) in [7, 11) is 1.58. The molecule has 8 nitrogen and oxygen atoms in total. The van der Waals surface area contributed by atoms with Gasteiger partial charge in [-0.2, -0.15) is 0 Å². The molecule has 0 unspecified atom stereocenters. The van der Waals surface area contributed by atoms with E-state index in [0.717, 1.165) is 54.4 Å². The number of unbranched alkanes of at least 4 members (excludes halogenated alkanes) is 3. The van der Waals surface area contributed by atoms with Crippen LogP contribution in [-0.2, 0) is 33.8 Å². The molecule has 0 aliphatic heterocycles. The van der Waals surface area contributed by atoms with E-state index in [0.29, 0.717) is 43.1 Å². The van der Waals surface area contributed by atoms with E-state index in [9.17, 15) is 27.9 Å². The molecule has 0 fully saturated rings. The monoisotopic (exact) mass is 632 g/mol. The third kappa shape index (κ3) is 13.1. The second-order valence-corrected chi connectivity index (χ2v) is 10.5. The molecule has 45 heavy (non-hydrogen) atoms. The van der Waals surface area contributed by atoms with Crippen molar-refractivity contribution in [2.75, 3.05) is 20.3 Å². The summed E-state index contributed by atoms with van der Waals surface area (Å²) >= 11 is 0. The maximum absolute atomic E-state index is 12.5. The Morgan fingerprint density at radius 2 is 1.44 bits per heavy atom. The molecule has 3 aromatic rings. The summed E-state index contributed by atoms with van der Waals surface area (Å²) in [5.41, 5.74) is 4.25. The smallest absolute Gasteiger partial charge is 0.494 e. The first kappa shape index (κ1) is 35.2. The van der Waals surface area contributed by atoms with Crippen molar-refractivity contribution in [2.24, 2.45) is 0 Å².